The molecule has 0 radical (unpaired) electrons. The van der Waals surface area contributed by atoms with Crippen molar-refractivity contribution in [1.82, 2.24) is 20.0 Å². The van der Waals surface area contributed by atoms with Gasteiger partial charge in [0.1, 0.15) is 0 Å². The third-order valence-corrected chi connectivity index (χ3v) is 4.38. The largest absolute Gasteiger partial charge is 0.477 e. The first kappa shape index (κ1) is 17.4. The van der Waals surface area contributed by atoms with Crippen molar-refractivity contribution in [3.8, 4) is 17.3 Å². The van der Waals surface area contributed by atoms with Gasteiger partial charge in [0.25, 0.3) is 0 Å². The molecule has 0 saturated carbocycles. The molecule has 0 N–H and O–H groups in total. The van der Waals surface area contributed by atoms with Gasteiger partial charge in [-0.15, -0.1) is 0 Å². The number of amides is 1. The van der Waals surface area contributed by atoms with Crippen LogP contribution >= 0.6 is 0 Å². The first-order valence-electron chi connectivity index (χ1n) is 8.80. The lowest BCUT2D eigenvalue weighted by atomic mass is 9.96. The highest BCUT2D eigenvalue weighted by atomic mass is 16.5. The van der Waals surface area contributed by atoms with Gasteiger partial charge >= 0.3 is 0 Å². The van der Waals surface area contributed by atoms with E-state index in [0.29, 0.717) is 24.2 Å². The standard InChI is InChI=1S/C18H24N4O3/c1-4-24-17-14(6-5-9-19-17)15-20-16(25-21-15)13-7-10-22(11-8-13)18(23)12(2)3/h5-6,9,12-13H,4,7-8,10-11H2,1-3H3. The fourth-order valence-electron chi connectivity index (χ4n) is 3.04. The molecule has 0 bridgehead atoms. The highest BCUT2D eigenvalue weighted by Gasteiger charge is 2.28. The number of ether oxygens (including phenoxy) is 1. The van der Waals surface area contributed by atoms with Gasteiger partial charge in [0.05, 0.1) is 12.2 Å². The zero-order chi connectivity index (χ0) is 17.8. The minimum atomic E-state index is 0.0362. The summed E-state index contributed by atoms with van der Waals surface area (Å²) >= 11 is 0. The van der Waals surface area contributed by atoms with E-state index in [1.54, 1.807) is 6.20 Å². The third kappa shape index (κ3) is 3.81. The highest BCUT2D eigenvalue weighted by molar-refractivity contribution is 5.78. The molecule has 25 heavy (non-hydrogen) atoms. The Morgan fingerprint density at radius 3 is 2.84 bits per heavy atom. The number of nitrogens with zero attached hydrogens (tertiary/aromatic N) is 4. The van der Waals surface area contributed by atoms with Crippen molar-refractivity contribution in [2.24, 2.45) is 5.92 Å². The highest BCUT2D eigenvalue weighted by Crippen LogP contribution is 2.31. The molecule has 2 aromatic heterocycles. The van der Waals surface area contributed by atoms with Crippen molar-refractivity contribution in [2.45, 2.75) is 39.5 Å². The van der Waals surface area contributed by atoms with Crippen LogP contribution in [0.25, 0.3) is 11.4 Å². The Labute approximate surface area is 147 Å². The first-order valence-corrected chi connectivity index (χ1v) is 8.80. The Hall–Kier alpha value is -2.44. The molecule has 134 valence electrons. The van der Waals surface area contributed by atoms with E-state index in [9.17, 15) is 4.79 Å². The molecule has 1 aliphatic heterocycles. The number of hydrogen-bond donors (Lipinski definition) is 0. The first-order chi connectivity index (χ1) is 12.1. The fraction of sp³-hybridized carbons (Fsp3) is 0.556. The molecule has 7 heteroatoms. The molecule has 1 fully saturated rings. The van der Waals surface area contributed by atoms with E-state index in [1.807, 2.05) is 37.8 Å². The lowest BCUT2D eigenvalue weighted by molar-refractivity contribution is -0.135. The van der Waals surface area contributed by atoms with Gasteiger partial charge < -0.3 is 14.2 Å². The predicted molar refractivity (Wildman–Crippen MR) is 92.1 cm³/mol. The molecule has 3 heterocycles. The van der Waals surface area contributed by atoms with E-state index in [1.165, 1.54) is 0 Å². The van der Waals surface area contributed by atoms with Crippen molar-refractivity contribution in [3.05, 3.63) is 24.2 Å². The average Bonchev–Trinajstić information content (AvgIpc) is 3.12. The van der Waals surface area contributed by atoms with E-state index >= 15 is 0 Å². The molecule has 0 atom stereocenters. The molecular formula is C18H24N4O3. The minimum absolute atomic E-state index is 0.0362. The van der Waals surface area contributed by atoms with Crippen LogP contribution in [0.4, 0.5) is 0 Å². The summed E-state index contributed by atoms with van der Waals surface area (Å²) in [5, 5.41) is 4.10. The number of pyridine rings is 1. The topological polar surface area (TPSA) is 81.4 Å². The zero-order valence-corrected chi connectivity index (χ0v) is 14.9. The Kier molecular flexibility index (Phi) is 5.31. The fourth-order valence-corrected chi connectivity index (χ4v) is 3.04. The van der Waals surface area contributed by atoms with Crippen molar-refractivity contribution in [2.75, 3.05) is 19.7 Å². The van der Waals surface area contributed by atoms with Gasteiger partial charge in [-0.25, -0.2) is 4.98 Å². The van der Waals surface area contributed by atoms with Gasteiger partial charge in [0, 0.05) is 31.1 Å². The van der Waals surface area contributed by atoms with Crippen LogP contribution in [0.15, 0.2) is 22.9 Å². The summed E-state index contributed by atoms with van der Waals surface area (Å²) in [5.74, 6) is 2.06. The molecule has 1 aliphatic rings. The van der Waals surface area contributed by atoms with Gasteiger partial charge in [-0.2, -0.15) is 4.98 Å². The van der Waals surface area contributed by atoms with E-state index in [4.69, 9.17) is 9.26 Å². The number of carbonyl (C=O) groups is 1. The number of rotatable bonds is 5. The maximum absolute atomic E-state index is 12.1. The number of aromatic nitrogens is 3. The normalized spacial score (nSPS) is 15.6. The van der Waals surface area contributed by atoms with Crippen molar-refractivity contribution >= 4 is 5.91 Å². The summed E-state index contributed by atoms with van der Waals surface area (Å²) in [5.41, 5.74) is 0.728. The summed E-state index contributed by atoms with van der Waals surface area (Å²) in [6.45, 7) is 7.77. The maximum Gasteiger partial charge on any atom is 0.230 e. The van der Waals surface area contributed by atoms with Gasteiger partial charge in [0.2, 0.25) is 23.5 Å². The predicted octanol–water partition coefficient (Wildman–Crippen LogP) is 2.89. The van der Waals surface area contributed by atoms with E-state index in [-0.39, 0.29) is 17.7 Å². The summed E-state index contributed by atoms with van der Waals surface area (Å²) in [6.07, 6.45) is 3.36. The Morgan fingerprint density at radius 1 is 1.40 bits per heavy atom. The molecule has 1 saturated heterocycles. The Bertz CT molecular complexity index is 721. The number of piperidine rings is 1. The minimum Gasteiger partial charge on any atom is -0.477 e. The van der Waals surface area contributed by atoms with Crippen LogP contribution in [0.2, 0.25) is 0 Å². The zero-order valence-electron chi connectivity index (χ0n) is 14.9. The van der Waals surface area contributed by atoms with Crippen LogP contribution in [-0.4, -0.2) is 45.6 Å². The molecule has 0 aliphatic carbocycles. The van der Waals surface area contributed by atoms with Crippen LogP contribution in [0, 0.1) is 5.92 Å². The SMILES string of the molecule is CCOc1ncccc1-c1noc(C2CCN(C(=O)C(C)C)CC2)n1. The van der Waals surface area contributed by atoms with Crippen LogP contribution in [0.3, 0.4) is 0 Å². The monoisotopic (exact) mass is 344 g/mol. The molecule has 0 unspecified atom stereocenters. The van der Waals surface area contributed by atoms with Gasteiger partial charge in [0.15, 0.2) is 0 Å². The van der Waals surface area contributed by atoms with Crippen LogP contribution in [0.5, 0.6) is 5.88 Å². The molecule has 0 spiro atoms. The molecule has 3 rings (SSSR count). The second kappa shape index (κ2) is 7.63. The average molecular weight is 344 g/mol. The molecular weight excluding hydrogens is 320 g/mol. The lowest BCUT2D eigenvalue weighted by Crippen LogP contribution is -2.40. The van der Waals surface area contributed by atoms with Crippen molar-refractivity contribution in [1.29, 1.82) is 0 Å². The van der Waals surface area contributed by atoms with Crippen LogP contribution in [-0.2, 0) is 4.79 Å². The van der Waals surface area contributed by atoms with Crippen molar-refractivity contribution < 1.29 is 14.1 Å². The lowest BCUT2D eigenvalue weighted by Gasteiger charge is -2.31. The van der Waals surface area contributed by atoms with Crippen LogP contribution in [0.1, 0.15) is 45.4 Å². The van der Waals surface area contributed by atoms with E-state index in [2.05, 4.69) is 15.1 Å². The van der Waals surface area contributed by atoms with Gasteiger partial charge in [-0.3, -0.25) is 4.79 Å². The number of carbonyl (C=O) groups excluding carboxylic acids is 1. The van der Waals surface area contributed by atoms with Crippen LogP contribution < -0.4 is 4.74 Å². The summed E-state index contributed by atoms with van der Waals surface area (Å²) in [7, 11) is 0. The second-order valence-electron chi connectivity index (χ2n) is 6.50. The Morgan fingerprint density at radius 2 is 2.16 bits per heavy atom. The molecule has 1 amide bonds. The Balaban J connectivity index is 1.70. The third-order valence-electron chi connectivity index (χ3n) is 4.38. The molecule has 0 aromatic carbocycles. The number of hydrogen-bond acceptors (Lipinski definition) is 6. The number of likely N-dealkylation sites (tertiary alicyclic amines) is 1. The van der Waals surface area contributed by atoms with E-state index in [0.717, 1.165) is 31.5 Å². The summed E-state index contributed by atoms with van der Waals surface area (Å²) < 4.78 is 11.0. The van der Waals surface area contributed by atoms with E-state index < -0.39 is 0 Å². The van der Waals surface area contributed by atoms with Crippen molar-refractivity contribution in [3.63, 3.8) is 0 Å². The summed E-state index contributed by atoms with van der Waals surface area (Å²) in [6, 6.07) is 3.69. The quantitative estimate of drug-likeness (QED) is 0.829. The maximum atomic E-state index is 12.1. The smallest absolute Gasteiger partial charge is 0.230 e. The summed E-state index contributed by atoms with van der Waals surface area (Å²) in [4.78, 5) is 22.8. The molecule has 2 aromatic rings. The van der Waals surface area contributed by atoms with Gasteiger partial charge in [-0.1, -0.05) is 19.0 Å². The molecule has 7 nitrogen and oxygen atoms in total. The second-order valence-corrected chi connectivity index (χ2v) is 6.50. The van der Waals surface area contributed by atoms with Gasteiger partial charge in [-0.05, 0) is 31.9 Å².